The van der Waals surface area contributed by atoms with E-state index in [1.54, 1.807) is 13.0 Å². The third kappa shape index (κ3) is 4.13. The van der Waals surface area contributed by atoms with Crippen molar-refractivity contribution in [3.05, 3.63) is 81.1 Å². The lowest BCUT2D eigenvalue weighted by Crippen LogP contribution is -2.28. The largest absolute Gasteiger partial charge is 0.341 e. The number of amides is 3. The fraction of sp³-hybridized carbons (Fsp3) is 0.125. The summed E-state index contributed by atoms with van der Waals surface area (Å²) in [4.78, 5) is 40.2. The number of aryl methyl sites for hydroxylation is 1. The van der Waals surface area contributed by atoms with E-state index in [1.807, 2.05) is 55.5 Å². The van der Waals surface area contributed by atoms with Crippen LogP contribution in [0.3, 0.4) is 0 Å². The third-order valence-electron chi connectivity index (χ3n) is 5.24. The van der Waals surface area contributed by atoms with Crippen LogP contribution in [0.4, 0.5) is 16.2 Å². The Morgan fingerprint density at radius 1 is 0.906 bits per heavy atom. The molecule has 0 aliphatic rings. The van der Waals surface area contributed by atoms with E-state index < -0.39 is 6.03 Å². The van der Waals surface area contributed by atoms with Crippen LogP contribution in [0.1, 0.15) is 20.9 Å². The number of pyridine rings is 1. The second-order valence-corrected chi connectivity index (χ2v) is 8.42. The van der Waals surface area contributed by atoms with Crippen molar-refractivity contribution < 1.29 is 9.59 Å². The molecule has 8 heteroatoms. The van der Waals surface area contributed by atoms with Gasteiger partial charge in [0.15, 0.2) is 0 Å². The highest BCUT2D eigenvalue weighted by Crippen LogP contribution is 2.32. The van der Waals surface area contributed by atoms with Gasteiger partial charge >= 0.3 is 6.03 Å². The van der Waals surface area contributed by atoms with Gasteiger partial charge in [-0.05, 0) is 54.6 Å². The van der Waals surface area contributed by atoms with Crippen molar-refractivity contribution in [3.8, 4) is 11.1 Å². The van der Waals surface area contributed by atoms with E-state index in [9.17, 15) is 14.4 Å². The molecule has 0 fully saturated rings. The number of fused-ring (bicyclic) bond motifs is 1. The van der Waals surface area contributed by atoms with E-state index in [4.69, 9.17) is 0 Å². The lowest BCUT2D eigenvalue weighted by Gasteiger charge is -2.15. The summed E-state index contributed by atoms with van der Waals surface area (Å²) in [6.45, 7) is 3.70. The predicted molar refractivity (Wildman–Crippen MR) is 130 cm³/mol. The first-order valence-corrected chi connectivity index (χ1v) is 10.8. The molecule has 2 aromatic carbocycles. The number of hydrogen-bond acceptors (Lipinski definition) is 4. The molecule has 3 amide bonds. The summed E-state index contributed by atoms with van der Waals surface area (Å²) in [6.07, 6.45) is 0. The minimum Gasteiger partial charge on any atom is -0.341 e. The highest BCUT2D eigenvalue weighted by Gasteiger charge is 2.16. The van der Waals surface area contributed by atoms with Gasteiger partial charge in [-0.1, -0.05) is 30.3 Å². The Kier molecular flexibility index (Phi) is 5.79. The Labute approximate surface area is 188 Å². The summed E-state index contributed by atoms with van der Waals surface area (Å²) < 4.78 is 1.06. The fourth-order valence-electron chi connectivity index (χ4n) is 3.52. The Morgan fingerprint density at radius 3 is 2.44 bits per heavy atom. The molecule has 32 heavy (non-hydrogen) atoms. The van der Waals surface area contributed by atoms with Crippen molar-refractivity contribution in [3.63, 3.8) is 0 Å². The Balaban J connectivity index is 1.68. The van der Waals surface area contributed by atoms with Gasteiger partial charge in [0.25, 0.3) is 11.5 Å². The van der Waals surface area contributed by atoms with E-state index in [0.717, 1.165) is 26.8 Å². The molecular weight excluding hydrogens is 424 g/mol. The minimum absolute atomic E-state index is 0.143. The van der Waals surface area contributed by atoms with Crippen LogP contribution in [-0.4, -0.2) is 24.0 Å². The van der Waals surface area contributed by atoms with Gasteiger partial charge in [0.05, 0.1) is 4.88 Å². The molecule has 7 nitrogen and oxygen atoms in total. The van der Waals surface area contributed by atoms with E-state index >= 15 is 0 Å². The summed E-state index contributed by atoms with van der Waals surface area (Å²) in [5.74, 6) is -0.174. The van der Waals surface area contributed by atoms with E-state index in [0.29, 0.717) is 16.3 Å². The van der Waals surface area contributed by atoms with Crippen molar-refractivity contribution in [2.75, 3.05) is 17.7 Å². The van der Waals surface area contributed by atoms with Gasteiger partial charge in [-0.25, -0.2) is 4.79 Å². The molecule has 4 N–H and O–H groups in total. The molecular formula is C24H22N4O3S. The maximum atomic E-state index is 12.9. The molecule has 4 aromatic rings. The maximum absolute atomic E-state index is 12.9. The van der Waals surface area contributed by atoms with Crippen LogP contribution in [0.15, 0.2) is 59.4 Å². The molecule has 0 radical (unpaired) electrons. The molecule has 162 valence electrons. The molecule has 4 rings (SSSR count). The van der Waals surface area contributed by atoms with E-state index in [1.165, 1.54) is 18.4 Å². The highest BCUT2D eigenvalue weighted by atomic mass is 32.1. The molecule has 0 saturated carbocycles. The van der Waals surface area contributed by atoms with Gasteiger partial charge in [-0.3, -0.25) is 9.59 Å². The number of aromatic nitrogens is 1. The smallest absolute Gasteiger partial charge is 0.319 e. The zero-order valence-corrected chi connectivity index (χ0v) is 18.6. The average Bonchev–Trinajstić information content (AvgIpc) is 3.22. The number of carbonyl (C=O) groups excluding carboxylic acids is 2. The van der Waals surface area contributed by atoms with E-state index in [2.05, 4.69) is 20.9 Å². The van der Waals surface area contributed by atoms with Crippen LogP contribution in [0.5, 0.6) is 0 Å². The zero-order valence-electron chi connectivity index (χ0n) is 17.8. The number of anilines is 2. The molecule has 0 saturated heterocycles. The normalized spacial score (nSPS) is 10.7. The third-order valence-corrected chi connectivity index (χ3v) is 6.35. The number of carbonyl (C=O) groups is 2. The maximum Gasteiger partial charge on any atom is 0.319 e. The van der Waals surface area contributed by atoms with E-state index in [-0.39, 0.29) is 17.2 Å². The van der Waals surface area contributed by atoms with Crippen LogP contribution in [0.25, 0.3) is 21.2 Å². The second kappa shape index (κ2) is 8.68. The number of H-pyrrole nitrogens is 1. The van der Waals surface area contributed by atoms with Crippen molar-refractivity contribution in [1.29, 1.82) is 0 Å². The number of nitrogens with one attached hydrogen (secondary N) is 4. The van der Waals surface area contributed by atoms with Gasteiger partial charge in [0, 0.05) is 28.7 Å². The number of hydrogen-bond donors (Lipinski definition) is 4. The number of rotatable bonds is 4. The lowest BCUT2D eigenvalue weighted by atomic mass is 9.97. The van der Waals surface area contributed by atoms with Gasteiger partial charge < -0.3 is 20.9 Å². The molecule has 2 aromatic heterocycles. The van der Waals surface area contributed by atoms with Crippen molar-refractivity contribution in [1.82, 2.24) is 10.3 Å². The predicted octanol–water partition coefficient (Wildman–Crippen LogP) is 4.88. The number of thiophene rings is 1. The fourth-order valence-corrected chi connectivity index (χ4v) is 4.48. The Morgan fingerprint density at radius 2 is 1.69 bits per heavy atom. The first kappa shape index (κ1) is 21.3. The topological polar surface area (TPSA) is 103 Å². The van der Waals surface area contributed by atoms with Gasteiger partial charge in [0.1, 0.15) is 5.69 Å². The standard InChI is InChI=1S/C24H22N4O3S/c1-13-16(17-12-19(28-24(31)25-3)22(29)26-14(17)2)8-6-9-18(13)27-23(30)21-11-15-7-4-5-10-20(15)32-21/h4-12H,1-3H3,(H,26,29)(H,27,30)(H2,25,28,31). The summed E-state index contributed by atoms with van der Waals surface area (Å²) >= 11 is 1.45. The SMILES string of the molecule is CNC(=O)Nc1cc(-c2cccc(NC(=O)c3cc4ccccc4s3)c2C)c(C)[nH]c1=O. The Bertz CT molecular complexity index is 1370. The van der Waals surface area contributed by atoms with Crippen LogP contribution in [0.2, 0.25) is 0 Å². The molecule has 2 heterocycles. The quantitative estimate of drug-likeness (QED) is 0.359. The van der Waals surface area contributed by atoms with Gasteiger partial charge in [-0.15, -0.1) is 11.3 Å². The summed E-state index contributed by atoms with van der Waals surface area (Å²) in [5.41, 5.74) is 3.54. The van der Waals surface area contributed by atoms with Gasteiger partial charge in [-0.2, -0.15) is 0 Å². The molecule has 0 aliphatic carbocycles. The molecule has 0 unspecified atom stereocenters. The summed E-state index contributed by atoms with van der Waals surface area (Å²) in [7, 11) is 1.48. The summed E-state index contributed by atoms with van der Waals surface area (Å²) in [6, 6.07) is 16.5. The second-order valence-electron chi connectivity index (χ2n) is 7.34. The van der Waals surface area contributed by atoms with Crippen LogP contribution in [0, 0.1) is 13.8 Å². The Hall–Kier alpha value is -3.91. The van der Waals surface area contributed by atoms with Crippen molar-refractivity contribution in [2.45, 2.75) is 13.8 Å². The minimum atomic E-state index is -0.480. The first-order chi connectivity index (χ1) is 15.4. The number of benzene rings is 2. The zero-order chi connectivity index (χ0) is 22.8. The van der Waals surface area contributed by atoms with Crippen LogP contribution >= 0.6 is 11.3 Å². The molecule has 0 spiro atoms. The molecule has 0 bridgehead atoms. The molecule has 0 atom stereocenters. The van der Waals surface area contributed by atoms with Gasteiger partial charge in [0.2, 0.25) is 0 Å². The molecule has 0 aliphatic heterocycles. The summed E-state index contributed by atoms with van der Waals surface area (Å²) in [5, 5.41) is 9.01. The van der Waals surface area contributed by atoms with Crippen molar-refractivity contribution >= 4 is 44.7 Å². The monoisotopic (exact) mass is 446 g/mol. The van der Waals surface area contributed by atoms with Crippen LogP contribution < -0.4 is 21.5 Å². The lowest BCUT2D eigenvalue weighted by molar-refractivity contribution is 0.103. The number of urea groups is 1. The van der Waals surface area contributed by atoms with Crippen molar-refractivity contribution in [2.24, 2.45) is 0 Å². The van der Waals surface area contributed by atoms with Crippen LogP contribution in [-0.2, 0) is 0 Å². The number of aromatic amines is 1. The first-order valence-electron chi connectivity index (χ1n) is 10.00. The highest BCUT2D eigenvalue weighted by molar-refractivity contribution is 7.20. The average molecular weight is 447 g/mol.